The van der Waals surface area contributed by atoms with Gasteiger partial charge in [-0.25, -0.2) is 12.8 Å². The lowest BCUT2D eigenvalue weighted by Crippen LogP contribution is -2.52. The number of sulfonamides is 1. The van der Waals surface area contributed by atoms with Gasteiger partial charge in [-0.05, 0) is 84.8 Å². The van der Waals surface area contributed by atoms with Gasteiger partial charge in [0.15, 0.2) is 0 Å². The molecular weight excluding hydrogens is 560 g/mol. The van der Waals surface area contributed by atoms with E-state index in [9.17, 15) is 22.4 Å². The Hall–Kier alpha value is -2.21. The molecule has 0 aliphatic rings. The minimum Gasteiger partial charge on any atom is -0.352 e. The number of benzene rings is 2. The van der Waals surface area contributed by atoms with Crippen LogP contribution >= 0.6 is 22.6 Å². The summed E-state index contributed by atoms with van der Waals surface area (Å²) in [6.45, 7) is 4.94. The lowest BCUT2D eigenvalue weighted by molar-refractivity contribution is -0.139. The van der Waals surface area contributed by atoms with Gasteiger partial charge in [0.05, 0.1) is 11.9 Å². The summed E-state index contributed by atoms with van der Waals surface area (Å²) in [5, 5.41) is 2.86. The van der Waals surface area contributed by atoms with Crippen molar-refractivity contribution in [2.75, 3.05) is 17.1 Å². The largest absolute Gasteiger partial charge is 0.352 e. The molecule has 180 valence electrons. The van der Waals surface area contributed by atoms with Crippen LogP contribution in [-0.2, 0) is 26.2 Å². The summed E-state index contributed by atoms with van der Waals surface area (Å²) >= 11 is 2.11. The van der Waals surface area contributed by atoms with Crippen LogP contribution in [0.1, 0.15) is 32.8 Å². The predicted octanol–water partition coefficient (Wildman–Crippen LogP) is 3.53. The third-order valence-corrected chi connectivity index (χ3v) is 7.09. The van der Waals surface area contributed by atoms with E-state index < -0.39 is 34.3 Å². The fourth-order valence-corrected chi connectivity index (χ4v) is 4.26. The summed E-state index contributed by atoms with van der Waals surface area (Å²) < 4.78 is 40.3. The maximum atomic E-state index is 13.4. The molecule has 33 heavy (non-hydrogen) atoms. The highest BCUT2D eigenvalue weighted by Gasteiger charge is 2.30. The molecule has 0 aromatic heterocycles. The number of amides is 2. The van der Waals surface area contributed by atoms with Gasteiger partial charge in [-0.1, -0.05) is 19.1 Å². The molecule has 1 N–H and O–H groups in total. The molecule has 2 rings (SSSR count). The van der Waals surface area contributed by atoms with Crippen LogP contribution in [0.4, 0.5) is 10.1 Å². The maximum Gasteiger partial charge on any atom is 0.244 e. The molecule has 0 heterocycles. The van der Waals surface area contributed by atoms with Crippen LogP contribution in [0.3, 0.4) is 0 Å². The Morgan fingerprint density at radius 3 is 2.15 bits per heavy atom. The minimum absolute atomic E-state index is 0.0263. The summed E-state index contributed by atoms with van der Waals surface area (Å²) in [6, 6.07) is 11.4. The zero-order valence-corrected chi connectivity index (χ0v) is 22.1. The first kappa shape index (κ1) is 27.0. The second-order valence-electron chi connectivity index (χ2n) is 7.89. The van der Waals surface area contributed by atoms with E-state index in [-0.39, 0.29) is 18.5 Å². The topological polar surface area (TPSA) is 86.8 Å². The van der Waals surface area contributed by atoms with Crippen LogP contribution in [-0.4, -0.2) is 50.0 Å². The molecule has 0 fully saturated rings. The van der Waals surface area contributed by atoms with Crippen molar-refractivity contribution in [3.8, 4) is 0 Å². The molecule has 2 amide bonds. The predicted molar refractivity (Wildman–Crippen MR) is 136 cm³/mol. The number of nitrogens with one attached hydrogen (secondary N) is 1. The Morgan fingerprint density at radius 1 is 1.06 bits per heavy atom. The normalized spacial score (nSPS) is 13.2. The molecule has 2 aromatic rings. The molecule has 2 unspecified atom stereocenters. The smallest absolute Gasteiger partial charge is 0.244 e. The molecule has 0 bridgehead atoms. The molecule has 0 saturated heterocycles. The van der Waals surface area contributed by atoms with E-state index in [4.69, 9.17) is 0 Å². The van der Waals surface area contributed by atoms with E-state index in [0.717, 1.165) is 20.6 Å². The quantitative estimate of drug-likeness (QED) is 0.430. The molecule has 2 atom stereocenters. The fraction of sp³-hybridized carbons (Fsp3) is 0.391. The SMILES string of the molecule is CCC(C)NC(=O)C(C)N(Cc1ccc(F)cc1)C(=O)CN(c1ccc(I)cc1)S(C)(=O)=O. The highest BCUT2D eigenvalue weighted by molar-refractivity contribution is 14.1. The monoisotopic (exact) mass is 589 g/mol. The van der Waals surface area contributed by atoms with Crippen LogP contribution < -0.4 is 9.62 Å². The maximum absolute atomic E-state index is 13.4. The van der Waals surface area contributed by atoms with Crippen LogP contribution in [0.5, 0.6) is 0 Å². The van der Waals surface area contributed by atoms with Crippen molar-refractivity contribution in [2.45, 2.75) is 45.8 Å². The van der Waals surface area contributed by atoms with E-state index in [1.807, 2.05) is 13.8 Å². The summed E-state index contributed by atoms with van der Waals surface area (Å²) in [6.07, 6.45) is 1.75. The molecule has 2 aromatic carbocycles. The second kappa shape index (κ2) is 11.8. The first-order chi connectivity index (χ1) is 15.4. The Morgan fingerprint density at radius 2 is 1.64 bits per heavy atom. The number of hydrogen-bond acceptors (Lipinski definition) is 4. The summed E-state index contributed by atoms with van der Waals surface area (Å²) in [5.74, 6) is -1.31. The fourth-order valence-electron chi connectivity index (χ4n) is 3.06. The number of carbonyl (C=O) groups is 2. The Bertz CT molecular complexity index is 1060. The van der Waals surface area contributed by atoms with Crippen molar-refractivity contribution in [1.29, 1.82) is 0 Å². The molecular formula is C23H29FIN3O4S. The van der Waals surface area contributed by atoms with Gasteiger partial charge >= 0.3 is 0 Å². The van der Waals surface area contributed by atoms with E-state index in [1.54, 1.807) is 31.2 Å². The third kappa shape index (κ3) is 7.95. The average molecular weight is 589 g/mol. The number of rotatable bonds is 10. The molecule has 0 radical (unpaired) electrons. The van der Waals surface area contributed by atoms with E-state index in [0.29, 0.717) is 11.3 Å². The molecule has 0 aliphatic carbocycles. The van der Waals surface area contributed by atoms with Crippen LogP contribution in [0.2, 0.25) is 0 Å². The van der Waals surface area contributed by atoms with E-state index in [1.165, 1.54) is 29.2 Å². The Labute approximate surface area is 208 Å². The van der Waals surface area contributed by atoms with Gasteiger partial charge in [-0.2, -0.15) is 0 Å². The third-order valence-electron chi connectivity index (χ3n) is 5.23. The number of halogens is 2. The molecule has 0 spiro atoms. The van der Waals surface area contributed by atoms with Crippen molar-refractivity contribution < 1.29 is 22.4 Å². The van der Waals surface area contributed by atoms with Gasteiger partial charge in [0.1, 0.15) is 18.4 Å². The standard InChI is InChI=1S/C23H29FIN3O4S/c1-5-16(2)26-23(30)17(3)27(14-18-6-8-19(24)9-7-18)22(29)15-28(33(4,31)32)21-12-10-20(25)11-13-21/h6-13,16-17H,5,14-15H2,1-4H3,(H,26,30). The van der Waals surface area contributed by atoms with Gasteiger partial charge in [-0.3, -0.25) is 13.9 Å². The summed E-state index contributed by atoms with van der Waals surface area (Å²) in [5.41, 5.74) is 0.970. The lowest BCUT2D eigenvalue weighted by atomic mass is 10.1. The van der Waals surface area contributed by atoms with Crippen molar-refractivity contribution in [1.82, 2.24) is 10.2 Å². The second-order valence-corrected chi connectivity index (χ2v) is 11.0. The molecule has 10 heteroatoms. The van der Waals surface area contributed by atoms with Crippen molar-refractivity contribution in [3.05, 3.63) is 63.5 Å². The highest BCUT2D eigenvalue weighted by Crippen LogP contribution is 2.20. The van der Waals surface area contributed by atoms with E-state index >= 15 is 0 Å². The zero-order chi connectivity index (χ0) is 24.8. The van der Waals surface area contributed by atoms with Gasteiger partial charge in [0.25, 0.3) is 0 Å². The summed E-state index contributed by atoms with van der Waals surface area (Å²) in [7, 11) is -3.77. The van der Waals surface area contributed by atoms with E-state index in [2.05, 4.69) is 27.9 Å². The first-order valence-electron chi connectivity index (χ1n) is 10.5. The molecule has 7 nitrogen and oxygen atoms in total. The number of anilines is 1. The zero-order valence-electron chi connectivity index (χ0n) is 19.1. The first-order valence-corrected chi connectivity index (χ1v) is 13.4. The Balaban J connectivity index is 2.36. The number of carbonyl (C=O) groups excluding carboxylic acids is 2. The average Bonchev–Trinajstić information content (AvgIpc) is 2.76. The van der Waals surface area contributed by atoms with Crippen LogP contribution in [0, 0.1) is 9.39 Å². The van der Waals surface area contributed by atoms with Crippen molar-refractivity contribution in [2.24, 2.45) is 0 Å². The number of hydrogen-bond donors (Lipinski definition) is 1. The van der Waals surface area contributed by atoms with Crippen molar-refractivity contribution >= 4 is 50.1 Å². The lowest BCUT2D eigenvalue weighted by Gasteiger charge is -2.32. The molecule has 0 saturated carbocycles. The van der Waals surface area contributed by atoms with Gasteiger partial charge < -0.3 is 10.2 Å². The van der Waals surface area contributed by atoms with Gasteiger partial charge in [-0.15, -0.1) is 0 Å². The van der Waals surface area contributed by atoms with Crippen LogP contribution in [0.25, 0.3) is 0 Å². The van der Waals surface area contributed by atoms with Crippen LogP contribution in [0.15, 0.2) is 48.5 Å². The Kier molecular flexibility index (Phi) is 9.65. The van der Waals surface area contributed by atoms with Gasteiger partial charge in [0.2, 0.25) is 21.8 Å². The van der Waals surface area contributed by atoms with Crippen molar-refractivity contribution in [3.63, 3.8) is 0 Å². The van der Waals surface area contributed by atoms with Gasteiger partial charge in [0, 0.05) is 16.2 Å². The summed E-state index contributed by atoms with van der Waals surface area (Å²) in [4.78, 5) is 27.5. The number of nitrogens with zero attached hydrogens (tertiary/aromatic N) is 2. The minimum atomic E-state index is -3.77. The molecule has 0 aliphatic heterocycles. The highest BCUT2D eigenvalue weighted by atomic mass is 127.